The van der Waals surface area contributed by atoms with E-state index in [9.17, 15) is 48.3 Å². The van der Waals surface area contributed by atoms with Crippen LogP contribution < -0.4 is 72.0 Å². The molecular weight excluding hydrogens is 1030 g/mol. The third-order valence-corrected chi connectivity index (χ3v) is 12.9. The number of aromatic hydroxyl groups is 1. The van der Waals surface area contributed by atoms with Crippen LogP contribution in [0.4, 0.5) is 0 Å². The summed E-state index contributed by atoms with van der Waals surface area (Å²) in [6.07, 6.45) is 0.290. The summed E-state index contributed by atoms with van der Waals surface area (Å²) in [7, 11) is 0. The molecule has 0 aromatic heterocycles. The smallest absolute Gasteiger partial charge is 0.245 e. The Morgan fingerprint density at radius 2 is 1.01 bits per heavy atom. The molecule has 434 valence electrons. The number of benzene rings is 3. The number of hydrogen-bond donors (Lipinski definition) is 14. The molecule has 4 rings (SSSR count). The number of amides is 9. The quantitative estimate of drug-likeness (QED) is 0.0170. The molecule has 80 heavy (non-hydrogen) atoms. The second-order valence-corrected chi connectivity index (χ2v) is 20.0. The predicted molar refractivity (Wildman–Crippen MR) is 299 cm³/mol. The minimum atomic E-state index is -1.49. The Morgan fingerprint density at radius 3 is 1.51 bits per heavy atom. The van der Waals surface area contributed by atoms with Gasteiger partial charge in [-0.2, -0.15) is 0 Å². The maximum Gasteiger partial charge on any atom is 0.245 e. The Bertz CT molecular complexity index is 2630. The van der Waals surface area contributed by atoms with Crippen molar-refractivity contribution in [3.63, 3.8) is 0 Å². The average Bonchev–Trinajstić information content (AvgIpc) is 3.91. The zero-order chi connectivity index (χ0) is 58.9. The van der Waals surface area contributed by atoms with Crippen molar-refractivity contribution in [1.29, 1.82) is 0 Å². The van der Waals surface area contributed by atoms with Crippen molar-refractivity contribution in [2.45, 2.75) is 133 Å². The monoisotopic (exact) mass is 1110 g/mol. The van der Waals surface area contributed by atoms with E-state index in [1.165, 1.54) is 17.0 Å². The molecule has 3 aromatic carbocycles. The van der Waals surface area contributed by atoms with Gasteiger partial charge in [0, 0.05) is 32.5 Å². The number of rotatable bonds is 32. The Hall–Kier alpha value is -8.81. The van der Waals surface area contributed by atoms with Crippen molar-refractivity contribution in [2.24, 2.45) is 56.0 Å². The van der Waals surface area contributed by atoms with E-state index < -0.39 is 108 Å². The minimum Gasteiger partial charge on any atom is -0.508 e. The fraction of sp³-hybridized carbons (Fsp3) is 0.463. The Kier molecular flexibility index (Phi) is 25.6. The number of phenols is 1. The second-order valence-electron chi connectivity index (χ2n) is 20.0. The molecule has 0 unspecified atom stereocenters. The van der Waals surface area contributed by atoms with E-state index in [4.69, 9.17) is 40.1 Å². The highest BCUT2D eigenvalue weighted by molar-refractivity contribution is 5.98. The van der Waals surface area contributed by atoms with Crippen molar-refractivity contribution in [1.82, 2.24) is 36.8 Å². The summed E-state index contributed by atoms with van der Waals surface area (Å²) >= 11 is 0. The van der Waals surface area contributed by atoms with Gasteiger partial charge in [-0.05, 0) is 86.1 Å². The van der Waals surface area contributed by atoms with Crippen molar-refractivity contribution in [2.75, 3.05) is 19.6 Å². The van der Waals surface area contributed by atoms with E-state index in [1.54, 1.807) is 72.8 Å². The van der Waals surface area contributed by atoms with Gasteiger partial charge in [-0.3, -0.25) is 53.1 Å². The molecular formula is C54H78N16O10. The predicted octanol–water partition coefficient (Wildman–Crippen LogP) is -2.84. The molecule has 0 spiro atoms. The lowest BCUT2D eigenvalue weighted by Gasteiger charge is -2.31. The van der Waals surface area contributed by atoms with Gasteiger partial charge in [0.1, 0.15) is 48.0 Å². The Balaban J connectivity index is 1.61. The number of primary amides is 2. The van der Waals surface area contributed by atoms with E-state index in [-0.39, 0.29) is 101 Å². The second kappa shape index (κ2) is 32.2. The number of carbonyl (C=O) groups is 9. The lowest BCUT2D eigenvalue weighted by atomic mass is 9.99. The average molecular weight is 1110 g/mol. The van der Waals surface area contributed by atoms with Crippen molar-refractivity contribution < 1.29 is 48.3 Å². The van der Waals surface area contributed by atoms with Crippen molar-refractivity contribution >= 4 is 65.1 Å². The molecule has 0 saturated carbocycles. The summed E-state index contributed by atoms with van der Waals surface area (Å²) in [4.78, 5) is 133. The maximum atomic E-state index is 14.8. The van der Waals surface area contributed by atoms with Crippen LogP contribution in [0.5, 0.6) is 5.75 Å². The van der Waals surface area contributed by atoms with Gasteiger partial charge in [-0.1, -0.05) is 86.6 Å². The molecule has 0 aliphatic carbocycles. The van der Waals surface area contributed by atoms with E-state index in [0.29, 0.717) is 23.1 Å². The number of carbonyl (C=O) groups excluding carboxylic acids is 9. The highest BCUT2D eigenvalue weighted by Gasteiger charge is 2.40. The molecule has 0 bridgehead atoms. The van der Waals surface area contributed by atoms with Crippen LogP contribution in [0.15, 0.2) is 94.9 Å². The Labute approximate surface area is 464 Å². The number of likely N-dealkylation sites (tertiary alicyclic amines) is 1. The molecule has 26 nitrogen and oxygen atoms in total. The van der Waals surface area contributed by atoms with Gasteiger partial charge in [0.25, 0.3) is 0 Å². The number of phenolic OH excluding ortho intramolecular Hbond substituents is 1. The zero-order valence-corrected chi connectivity index (χ0v) is 45.2. The van der Waals surface area contributed by atoms with Gasteiger partial charge in [0.15, 0.2) is 11.9 Å². The molecule has 9 amide bonds. The normalized spacial score (nSPS) is 15.5. The van der Waals surface area contributed by atoms with Crippen LogP contribution in [0.1, 0.15) is 81.9 Å². The number of guanidine groups is 2. The summed E-state index contributed by atoms with van der Waals surface area (Å²) in [6.45, 7) is 3.86. The minimum absolute atomic E-state index is 0.0317. The summed E-state index contributed by atoms with van der Waals surface area (Å²) < 4.78 is 0. The van der Waals surface area contributed by atoms with E-state index in [1.807, 2.05) is 13.8 Å². The first-order valence-electron chi connectivity index (χ1n) is 26.4. The molecule has 0 radical (unpaired) electrons. The van der Waals surface area contributed by atoms with E-state index in [0.717, 1.165) is 0 Å². The molecule has 3 aromatic rings. The summed E-state index contributed by atoms with van der Waals surface area (Å²) in [5, 5.41) is 25.9. The fourth-order valence-corrected chi connectivity index (χ4v) is 8.90. The van der Waals surface area contributed by atoms with Crippen LogP contribution in [-0.4, -0.2) is 143 Å². The number of nitrogens with zero attached hydrogens (tertiary/aromatic N) is 3. The number of aliphatic imine (C=N–C) groups is 2. The standard InChI is InChI=1S/C54H78N16O10/c1-31(2)26-40(68-50(78)41(28-32-12-5-3-6-13-32)67-46(74)36(55)27-34-19-21-35(71)22-20-34)48(76)69-42(29-33-14-7-4-8-15-33)49(77)65-38(17-10-24-63-54(60)61)52(80)70-25-11-18-43(70)51(79)64-37(16-9-23-62-53(58)59)47(75)66-39(45(57)73)30-44(56)72/h3-8,12-15,19-22,31,36-43,71H,9-11,16-18,23-30,55H2,1-2H3,(H2,56,72)(H2,57,73)(H,64,79)(H,65,77)(H,66,75)(H,67,74)(H,68,78)(H,69,76)(H4,58,59,62)(H4,60,61,63)/t36-,37+,38-,39-,40-,41-,42-,43+/m0/s1. The molecule has 1 aliphatic rings. The summed E-state index contributed by atoms with van der Waals surface area (Å²) in [6, 6.07) is 13.7. The molecule has 26 heteroatoms. The van der Waals surface area contributed by atoms with Crippen LogP contribution in [0.2, 0.25) is 0 Å². The first-order chi connectivity index (χ1) is 38.0. The van der Waals surface area contributed by atoms with E-state index >= 15 is 0 Å². The van der Waals surface area contributed by atoms with Gasteiger partial charge < -0.3 is 82.0 Å². The van der Waals surface area contributed by atoms with Crippen molar-refractivity contribution in [3.8, 4) is 5.75 Å². The molecule has 1 aliphatic heterocycles. The third-order valence-electron chi connectivity index (χ3n) is 12.9. The highest BCUT2D eigenvalue weighted by Crippen LogP contribution is 2.21. The van der Waals surface area contributed by atoms with Crippen LogP contribution in [0.3, 0.4) is 0 Å². The van der Waals surface area contributed by atoms with Gasteiger partial charge >= 0.3 is 0 Å². The van der Waals surface area contributed by atoms with Crippen molar-refractivity contribution in [3.05, 3.63) is 102 Å². The Morgan fingerprint density at radius 1 is 0.562 bits per heavy atom. The maximum absolute atomic E-state index is 14.8. The lowest BCUT2D eigenvalue weighted by molar-refractivity contribution is -0.142. The third kappa shape index (κ3) is 21.9. The lowest BCUT2D eigenvalue weighted by Crippen LogP contribution is -2.60. The largest absolute Gasteiger partial charge is 0.508 e. The summed E-state index contributed by atoms with van der Waals surface area (Å²) in [5.41, 5.74) is 41.1. The zero-order valence-electron chi connectivity index (χ0n) is 45.2. The highest BCUT2D eigenvalue weighted by atomic mass is 16.3. The first-order valence-corrected chi connectivity index (χ1v) is 26.4. The molecule has 1 saturated heterocycles. The molecule has 21 N–H and O–H groups in total. The number of nitrogens with two attached hydrogens (primary N) is 7. The van der Waals surface area contributed by atoms with Crippen LogP contribution >= 0.6 is 0 Å². The topological polar surface area (TPSA) is 456 Å². The molecule has 8 atom stereocenters. The number of hydrogen-bond acceptors (Lipinski definition) is 13. The van der Waals surface area contributed by atoms with Gasteiger partial charge in [-0.15, -0.1) is 0 Å². The molecule has 1 heterocycles. The van der Waals surface area contributed by atoms with Gasteiger partial charge in [0.05, 0.1) is 12.5 Å². The van der Waals surface area contributed by atoms with E-state index in [2.05, 4.69) is 41.9 Å². The van der Waals surface area contributed by atoms with Gasteiger partial charge in [0.2, 0.25) is 53.2 Å². The fourth-order valence-electron chi connectivity index (χ4n) is 8.90. The van der Waals surface area contributed by atoms with Crippen LogP contribution in [0.25, 0.3) is 0 Å². The molecule has 1 fully saturated rings. The number of nitrogens with one attached hydrogen (secondary N) is 6. The van der Waals surface area contributed by atoms with Crippen LogP contribution in [-0.2, 0) is 62.4 Å². The van der Waals surface area contributed by atoms with Crippen LogP contribution in [0, 0.1) is 5.92 Å². The van der Waals surface area contributed by atoms with Gasteiger partial charge in [-0.25, -0.2) is 0 Å². The SMILES string of the molecule is CC(C)C[C@H](NC(=O)[C@H](Cc1ccccc1)NC(=O)[C@@H](N)Cc1ccc(O)cc1)C(=O)N[C@@H](Cc1ccccc1)C(=O)N[C@@H](CCCN=C(N)N)C(=O)N1CCC[C@@H]1C(=O)N[C@H](CCCN=C(N)N)C(=O)N[C@@H](CC(N)=O)C(N)=O. The first kappa shape index (κ1) is 63.7. The summed E-state index contributed by atoms with van der Waals surface area (Å²) in [5.74, 6) is -7.68.